The summed E-state index contributed by atoms with van der Waals surface area (Å²) in [6.45, 7) is 4.02. The molecule has 8 heteroatoms. The topological polar surface area (TPSA) is 60.9 Å². The number of halogens is 2. The Bertz CT molecular complexity index is 996. The molecule has 0 aromatic heterocycles. The van der Waals surface area contributed by atoms with Crippen LogP contribution in [0.2, 0.25) is 10.0 Å². The molecule has 2 aliphatic heterocycles. The summed E-state index contributed by atoms with van der Waals surface area (Å²) in [6.07, 6.45) is 2.73. The summed E-state index contributed by atoms with van der Waals surface area (Å²) in [5.74, 6) is -0.281. The maximum Gasteiger partial charge on any atom is 0.261 e. The summed E-state index contributed by atoms with van der Waals surface area (Å²) < 4.78 is 0. The molecular weight excluding hydrogens is 461 g/mol. The predicted molar refractivity (Wildman–Crippen MR) is 129 cm³/mol. The second-order valence-electron chi connectivity index (χ2n) is 8.48. The highest BCUT2D eigenvalue weighted by atomic mass is 35.5. The smallest absolute Gasteiger partial charge is 0.261 e. The zero-order chi connectivity index (χ0) is 23.4. The van der Waals surface area contributed by atoms with Crippen molar-refractivity contribution in [1.82, 2.24) is 14.7 Å². The third-order valence-corrected chi connectivity index (χ3v) is 7.03. The molecule has 33 heavy (non-hydrogen) atoms. The van der Waals surface area contributed by atoms with Crippen molar-refractivity contribution in [3.8, 4) is 0 Å². The number of rotatable bonds is 8. The molecule has 2 aliphatic rings. The number of hydrogen-bond donors (Lipinski definition) is 0. The third kappa shape index (κ3) is 5.40. The van der Waals surface area contributed by atoms with E-state index in [1.807, 2.05) is 23.1 Å². The number of imide groups is 1. The lowest BCUT2D eigenvalue weighted by Crippen LogP contribution is -2.48. The Kier molecular flexibility index (Phi) is 7.68. The fraction of sp³-hybridized carbons (Fsp3) is 0.400. The molecule has 174 valence electrons. The van der Waals surface area contributed by atoms with Gasteiger partial charge in [-0.3, -0.25) is 24.2 Å². The van der Waals surface area contributed by atoms with E-state index in [1.165, 1.54) is 4.90 Å². The maximum atomic E-state index is 12.6. The quantitative estimate of drug-likeness (QED) is 0.406. The van der Waals surface area contributed by atoms with Crippen LogP contribution in [0.3, 0.4) is 0 Å². The summed E-state index contributed by atoms with van der Waals surface area (Å²) in [6, 6.07) is 12.4. The average molecular weight is 488 g/mol. The van der Waals surface area contributed by atoms with Gasteiger partial charge in [0.25, 0.3) is 11.8 Å². The number of carbonyl (C=O) groups excluding carboxylic acids is 3. The van der Waals surface area contributed by atoms with Crippen LogP contribution >= 0.6 is 23.2 Å². The standard InChI is InChI=1S/C25H27Cl2N3O3/c26-21-9-6-10-22(27)20(21)17-28-13-15-29(16-14-28)23(31)11-2-1-5-12-30-24(32)18-7-3-4-8-19(18)25(30)33/h3-4,6-10H,1-2,5,11-17H2. The molecule has 0 aliphatic carbocycles. The van der Waals surface area contributed by atoms with Crippen molar-refractivity contribution in [3.05, 3.63) is 69.2 Å². The molecule has 1 fully saturated rings. The van der Waals surface area contributed by atoms with E-state index in [4.69, 9.17) is 23.2 Å². The number of benzene rings is 2. The van der Waals surface area contributed by atoms with Crippen LogP contribution in [-0.2, 0) is 11.3 Å². The molecule has 0 atom stereocenters. The van der Waals surface area contributed by atoms with Gasteiger partial charge in [-0.2, -0.15) is 0 Å². The Morgan fingerprint density at radius 1 is 0.788 bits per heavy atom. The zero-order valence-corrected chi connectivity index (χ0v) is 19.9. The van der Waals surface area contributed by atoms with Crippen molar-refractivity contribution in [3.63, 3.8) is 0 Å². The minimum absolute atomic E-state index is 0.158. The molecule has 4 rings (SSSR count). The van der Waals surface area contributed by atoms with Crippen LogP contribution in [0.25, 0.3) is 0 Å². The van der Waals surface area contributed by atoms with Crippen molar-refractivity contribution in [2.75, 3.05) is 32.7 Å². The first-order valence-corrected chi connectivity index (χ1v) is 12.1. The molecule has 0 bridgehead atoms. The Morgan fingerprint density at radius 3 is 2.00 bits per heavy atom. The minimum Gasteiger partial charge on any atom is -0.340 e. The molecule has 0 saturated carbocycles. The van der Waals surface area contributed by atoms with Gasteiger partial charge in [-0.05, 0) is 37.1 Å². The maximum absolute atomic E-state index is 12.6. The van der Waals surface area contributed by atoms with Crippen molar-refractivity contribution in [1.29, 1.82) is 0 Å². The zero-order valence-electron chi connectivity index (χ0n) is 18.4. The van der Waals surface area contributed by atoms with E-state index in [9.17, 15) is 14.4 Å². The van der Waals surface area contributed by atoms with Crippen molar-refractivity contribution in [2.24, 2.45) is 0 Å². The van der Waals surface area contributed by atoms with Crippen LogP contribution < -0.4 is 0 Å². The van der Waals surface area contributed by atoms with E-state index in [1.54, 1.807) is 24.3 Å². The summed E-state index contributed by atoms with van der Waals surface area (Å²) in [5.41, 5.74) is 1.89. The average Bonchev–Trinajstić information content (AvgIpc) is 3.06. The molecule has 1 saturated heterocycles. The van der Waals surface area contributed by atoms with Crippen molar-refractivity contribution in [2.45, 2.75) is 32.2 Å². The van der Waals surface area contributed by atoms with Gasteiger partial charge in [-0.25, -0.2) is 0 Å². The molecular formula is C25H27Cl2N3O3. The Balaban J connectivity index is 1.15. The van der Waals surface area contributed by atoms with Crippen LogP contribution in [0.4, 0.5) is 0 Å². The molecule has 2 aromatic rings. The van der Waals surface area contributed by atoms with E-state index in [0.717, 1.165) is 31.5 Å². The SMILES string of the molecule is O=C(CCCCCN1C(=O)c2ccccc2C1=O)N1CCN(Cc2c(Cl)cccc2Cl)CC1. The highest BCUT2D eigenvalue weighted by molar-refractivity contribution is 6.36. The Labute approximate surface area is 204 Å². The molecule has 0 unspecified atom stereocenters. The van der Waals surface area contributed by atoms with Gasteiger partial charge in [-0.15, -0.1) is 0 Å². The van der Waals surface area contributed by atoms with Crippen molar-refractivity contribution < 1.29 is 14.4 Å². The number of unbranched alkanes of at least 4 members (excludes halogenated alkanes) is 2. The first-order chi connectivity index (χ1) is 16.0. The van der Waals surface area contributed by atoms with E-state index in [2.05, 4.69) is 4.90 Å². The minimum atomic E-state index is -0.220. The monoisotopic (exact) mass is 487 g/mol. The van der Waals surface area contributed by atoms with Gasteiger partial charge in [0.05, 0.1) is 11.1 Å². The molecule has 3 amide bonds. The number of amides is 3. The van der Waals surface area contributed by atoms with Crippen molar-refractivity contribution >= 4 is 40.9 Å². The second kappa shape index (κ2) is 10.7. The van der Waals surface area contributed by atoms with Crippen LogP contribution in [0.5, 0.6) is 0 Å². The number of piperazine rings is 1. The van der Waals surface area contributed by atoms with Gasteiger partial charge in [0.1, 0.15) is 0 Å². The lowest BCUT2D eigenvalue weighted by atomic mass is 10.1. The first-order valence-electron chi connectivity index (χ1n) is 11.3. The summed E-state index contributed by atoms with van der Waals surface area (Å²) in [7, 11) is 0. The summed E-state index contributed by atoms with van der Waals surface area (Å²) in [5, 5.41) is 1.34. The highest BCUT2D eigenvalue weighted by Gasteiger charge is 2.34. The second-order valence-corrected chi connectivity index (χ2v) is 9.29. The largest absolute Gasteiger partial charge is 0.340 e. The van der Waals surface area contributed by atoms with Gasteiger partial charge < -0.3 is 4.90 Å². The summed E-state index contributed by atoms with van der Waals surface area (Å²) >= 11 is 12.6. The fourth-order valence-electron chi connectivity index (χ4n) is 4.39. The van der Waals surface area contributed by atoms with Crippen LogP contribution in [0, 0.1) is 0 Å². The normalized spacial score (nSPS) is 16.4. The molecule has 0 radical (unpaired) electrons. The molecule has 2 heterocycles. The van der Waals surface area contributed by atoms with Gasteiger partial charge in [0.15, 0.2) is 0 Å². The summed E-state index contributed by atoms with van der Waals surface area (Å²) in [4.78, 5) is 42.9. The van der Waals surface area contributed by atoms with E-state index >= 15 is 0 Å². The van der Waals surface area contributed by atoms with Gasteiger partial charge in [0, 0.05) is 61.3 Å². The number of fused-ring (bicyclic) bond motifs is 1. The third-order valence-electron chi connectivity index (χ3n) is 6.32. The number of hydrogen-bond acceptors (Lipinski definition) is 4. The van der Waals surface area contributed by atoms with E-state index in [-0.39, 0.29) is 17.7 Å². The highest BCUT2D eigenvalue weighted by Crippen LogP contribution is 2.26. The van der Waals surface area contributed by atoms with Gasteiger partial charge in [0.2, 0.25) is 5.91 Å². The molecule has 6 nitrogen and oxygen atoms in total. The Hall–Kier alpha value is -2.41. The van der Waals surface area contributed by atoms with Crippen LogP contribution in [-0.4, -0.2) is 65.1 Å². The van der Waals surface area contributed by atoms with Gasteiger partial charge in [-0.1, -0.05) is 47.8 Å². The van der Waals surface area contributed by atoms with Crippen LogP contribution in [0.1, 0.15) is 52.0 Å². The predicted octanol–water partition coefficient (Wildman–Crippen LogP) is 4.49. The number of nitrogens with zero attached hydrogens (tertiary/aromatic N) is 3. The molecule has 0 spiro atoms. The van der Waals surface area contributed by atoms with E-state index < -0.39 is 0 Å². The molecule has 2 aromatic carbocycles. The first kappa shape index (κ1) is 23.7. The Morgan fingerprint density at radius 2 is 1.39 bits per heavy atom. The number of carbonyl (C=O) groups is 3. The fourth-order valence-corrected chi connectivity index (χ4v) is 4.90. The lowest BCUT2D eigenvalue weighted by Gasteiger charge is -2.35. The lowest BCUT2D eigenvalue weighted by molar-refractivity contribution is -0.133. The molecule has 0 N–H and O–H groups in total. The van der Waals surface area contributed by atoms with Crippen LogP contribution in [0.15, 0.2) is 42.5 Å². The van der Waals surface area contributed by atoms with E-state index in [0.29, 0.717) is 60.2 Å². The van der Waals surface area contributed by atoms with Gasteiger partial charge >= 0.3 is 0 Å².